The van der Waals surface area contributed by atoms with Gasteiger partial charge >= 0.3 is 0 Å². The zero-order chi connectivity index (χ0) is 36.3. The van der Waals surface area contributed by atoms with E-state index < -0.39 is 0 Å². The average molecular weight is 700 g/mol. The number of rotatable bonds is 5. The highest BCUT2D eigenvalue weighted by atomic mass is 15.1. The van der Waals surface area contributed by atoms with Crippen LogP contribution in [0.5, 0.6) is 0 Å². The van der Waals surface area contributed by atoms with Gasteiger partial charge in [0.15, 0.2) is 0 Å². The third kappa shape index (κ3) is 5.13. The molecule has 0 amide bonds. The average Bonchev–Trinajstić information content (AvgIpc) is 3.59. The van der Waals surface area contributed by atoms with Crippen molar-refractivity contribution in [2.24, 2.45) is 0 Å². The first kappa shape index (κ1) is 31.2. The lowest BCUT2D eigenvalue weighted by atomic mass is 9.85. The molecule has 0 fully saturated rings. The third-order valence-corrected chi connectivity index (χ3v) is 11.1. The second-order valence-corrected chi connectivity index (χ2v) is 14.2. The second-order valence-electron chi connectivity index (χ2n) is 14.2. The van der Waals surface area contributed by atoms with E-state index in [0.29, 0.717) is 0 Å². The Labute approximate surface area is 318 Å². The standard InChI is InChI=1S/C52H33N3/c1-2-11-34(12-3-1)39-27-28-48-45(32-39)46-33-53-30-29-49(46)55(48)50-20-10-19-47(54-50)36-22-24-37(25-23-36)51-41-15-6-8-17-43(41)52(44-18-9-7-16-42(44)51)40-26-21-35-13-4-5-14-38(35)31-40/h1-33H. The van der Waals surface area contributed by atoms with Gasteiger partial charge in [-0.1, -0.05) is 152 Å². The molecule has 0 aliphatic rings. The Hall–Kier alpha value is -7.36. The molecule has 8 aromatic carbocycles. The van der Waals surface area contributed by atoms with E-state index in [1.165, 1.54) is 65.7 Å². The Balaban J connectivity index is 1.02. The number of pyridine rings is 2. The van der Waals surface area contributed by atoms with Crippen LogP contribution in [0.25, 0.3) is 105 Å². The molecular weight excluding hydrogens is 667 g/mol. The van der Waals surface area contributed by atoms with Crippen LogP contribution in [0, 0.1) is 0 Å². The zero-order valence-electron chi connectivity index (χ0n) is 29.9. The van der Waals surface area contributed by atoms with Gasteiger partial charge in [0.1, 0.15) is 5.82 Å². The predicted octanol–water partition coefficient (Wildman–Crippen LogP) is 13.7. The molecule has 0 spiro atoms. The molecule has 0 unspecified atom stereocenters. The molecule has 256 valence electrons. The van der Waals surface area contributed by atoms with Crippen molar-refractivity contribution in [3.05, 3.63) is 200 Å². The lowest BCUT2D eigenvalue weighted by molar-refractivity contribution is 1.08. The lowest BCUT2D eigenvalue weighted by Crippen LogP contribution is -1.98. The van der Waals surface area contributed by atoms with Gasteiger partial charge in [-0.2, -0.15) is 0 Å². The highest BCUT2D eigenvalue weighted by molar-refractivity contribution is 6.21. The van der Waals surface area contributed by atoms with Crippen LogP contribution in [0.1, 0.15) is 0 Å². The van der Waals surface area contributed by atoms with E-state index in [0.717, 1.165) is 38.9 Å². The van der Waals surface area contributed by atoms with Gasteiger partial charge in [-0.15, -0.1) is 0 Å². The highest BCUT2D eigenvalue weighted by Crippen LogP contribution is 2.44. The minimum absolute atomic E-state index is 0.876. The van der Waals surface area contributed by atoms with Gasteiger partial charge in [-0.3, -0.25) is 9.55 Å². The monoisotopic (exact) mass is 699 g/mol. The van der Waals surface area contributed by atoms with Crippen LogP contribution in [0.2, 0.25) is 0 Å². The van der Waals surface area contributed by atoms with E-state index in [1.807, 2.05) is 12.4 Å². The number of aromatic nitrogens is 3. The quantitative estimate of drug-likeness (QED) is 0.167. The third-order valence-electron chi connectivity index (χ3n) is 11.1. The van der Waals surface area contributed by atoms with Gasteiger partial charge < -0.3 is 0 Å². The van der Waals surface area contributed by atoms with Gasteiger partial charge in [-0.05, 0) is 102 Å². The molecule has 55 heavy (non-hydrogen) atoms. The molecule has 3 nitrogen and oxygen atoms in total. The van der Waals surface area contributed by atoms with E-state index in [2.05, 4.69) is 198 Å². The maximum Gasteiger partial charge on any atom is 0.138 e. The number of benzene rings is 8. The minimum Gasteiger partial charge on any atom is -0.294 e. The van der Waals surface area contributed by atoms with Gasteiger partial charge in [0.2, 0.25) is 0 Å². The van der Waals surface area contributed by atoms with Crippen LogP contribution in [0.4, 0.5) is 0 Å². The summed E-state index contributed by atoms with van der Waals surface area (Å²) in [6.07, 6.45) is 3.83. The summed E-state index contributed by atoms with van der Waals surface area (Å²) in [5, 5.41) is 9.76. The van der Waals surface area contributed by atoms with Gasteiger partial charge in [0.05, 0.1) is 16.7 Å². The molecule has 0 saturated carbocycles. The number of nitrogens with zero attached hydrogens (tertiary/aromatic N) is 3. The van der Waals surface area contributed by atoms with E-state index >= 15 is 0 Å². The summed E-state index contributed by atoms with van der Waals surface area (Å²) < 4.78 is 2.26. The van der Waals surface area contributed by atoms with Crippen molar-refractivity contribution < 1.29 is 0 Å². The summed E-state index contributed by atoms with van der Waals surface area (Å²) in [7, 11) is 0. The van der Waals surface area contributed by atoms with Gasteiger partial charge in [0, 0.05) is 28.7 Å². The predicted molar refractivity (Wildman–Crippen MR) is 231 cm³/mol. The SMILES string of the molecule is c1ccc(-c2ccc3c(c2)c2cnccc2n3-c2cccc(-c3ccc(-c4c5ccccc5c(-c5ccc6ccccc6c5)c5ccccc45)cc3)n2)cc1. The van der Waals surface area contributed by atoms with E-state index in [9.17, 15) is 0 Å². The molecule has 11 aromatic rings. The van der Waals surface area contributed by atoms with Crippen molar-refractivity contribution in [3.63, 3.8) is 0 Å². The topological polar surface area (TPSA) is 30.7 Å². The molecule has 0 radical (unpaired) electrons. The number of fused-ring (bicyclic) bond motifs is 6. The highest BCUT2D eigenvalue weighted by Gasteiger charge is 2.18. The maximum atomic E-state index is 5.28. The fraction of sp³-hybridized carbons (Fsp3) is 0. The van der Waals surface area contributed by atoms with E-state index in [1.54, 1.807) is 0 Å². The van der Waals surface area contributed by atoms with Crippen LogP contribution in [0.15, 0.2) is 200 Å². The first-order chi connectivity index (χ1) is 27.3. The van der Waals surface area contributed by atoms with Crippen molar-refractivity contribution in [2.45, 2.75) is 0 Å². The summed E-state index contributed by atoms with van der Waals surface area (Å²) in [6, 6.07) is 67.7. The summed E-state index contributed by atoms with van der Waals surface area (Å²) >= 11 is 0. The molecule has 0 bridgehead atoms. The Morgan fingerprint density at radius 1 is 0.345 bits per heavy atom. The Kier molecular flexibility index (Phi) is 7.17. The molecule has 3 heterocycles. The summed E-state index contributed by atoms with van der Waals surface area (Å²) in [5.74, 6) is 0.876. The van der Waals surface area contributed by atoms with Crippen LogP contribution in [-0.4, -0.2) is 14.5 Å². The van der Waals surface area contributed by atoms with Crippen molar-refractivity contribution in [3.8, 4) is 50.5 Å². The summed E-state index contributed by atoms with van der Waals surface area (Å²) in [4.78, 5) is 9.78. The van der Waals surface area contributed by atoms with Crippen molar-refractivity contribution in [2.75, 3.05) is 0 Å². The minimum atomic E-state index is 0.876. The number of hydrogen-bond acceptors (Lipinski definition) is 2. The molecule has 0 aliphatic heterocycles. The van der Waals surface area contributed by atoms with Crippen molar-refractivity contribution in [1.82, 2.24) is 14.5 Å². The fourth-order valence-electron chi connectivity index (χ4n) is 8.53. The van der Waals surface area contributed by atoms with Crippen molar-refractivity contribution >= 4 is 54.1 Å². The van der Waals surface area contributed by atoms with Crippen molar-refractivity contribution in [1.29, 1.82) is 0 Å². The first-order valence-electron chi connectivity index (χ1n) is 18.7. The molecule has 0 atom stereocenters. The first-order valence-corrected chi connectivity index (χ1v) is 18.7. The Morgan fingerprint density at radius 2 is 0.945 bits per heavy atom. The largest absolute Gasteiger partial charge is 0.294 e. The lowest BCUT2D eigenvalue weighted by Gasteiger charge is -2.18. The molecule has 0 N–H and O–H groups in total. The van der Waals surface area contributed by atoms with Gasteiger partial charge in [0.25, 0.3) is 0 Å². The van der Waals surface area contributed by atoms with E-state index in [4.69, 9.17) is 4.98 Å². The molecule has 0 saturated heterocycles. The number of hydrogen-bond donors (Lipinski definition) is 0. The smallest absolute Gasteiger partial charge is 0.138 e. The second kappa shape index (κ2) is 12.6. The molecule has 3 heteroatoms. The summed E-state index contributed by atoms with van der Waals surface area (Å²) in [6.45, 7) is 0. The molecular formula is C52H33N3. The fourth-order valence-corrected chi connectivity index (χ4v) is 8.53. The maximum absolute atomic E-state index is 5.28. The van der Waals surface area contributed by atoms with Gasteiger partial charge in [-0.25, -0.2) is 4.98 Å². The van der Waals surface area contributed by atoms with Crippen LogP contribution >= 0.6 is 0 Å². The summed E-state index contributed by atoms with van der Waals surface area (Å²) in [5.41, 5.74) is 11.5. The van der Waals surface area contributed by atoms with Crippen LogP contribution in [0.3, 0.4) is 0 Å². The van der Waals surface area contributed by atoms with E-state index in [-0.39, 0.29) is 0 Å². The Morgan fingerprint density at radius 3 is 1.69 bits per heavy atom. The molecule has 3 aromatic heterocycles. The molecule has 11 rings (SSSR count). The zero-order valence-corrected chi connectivity index (χ0v) is 29.9. The normalized spacial score (nSPS) is 11.6. The van der Waals surface area contributed by atoms with Crippen LogP contribution < -0.4 is 0 Å². The Bertz CT molecular complexity index is 3190. The van der Waals surface area contributed by atoms with Crippen LogP contribution in [-0.2, 0) is 0 Å². The molecule has 0 aliphatic carbocycles.